The van der Waals surface area contributed by atoms with E-state index in [9.17, 15) is 9.59 Å². The number of carbonyl (C=O) groups excluding carboxylic acids is 2. The average molecular weight is 556 g/mol. The normalized spacial score (nSPS) is 25.9. The van der Waals surface area contributed by atoms with Gasteiger partial charge in [0.1, 0.15) is 17.0 Å². The summed E-state index contributed by atoms with van der Waals surface area (Å²) in [4.78, 5) is 31.4. The number of nitrogen functional groups attached to an aromatic ring is 1. The van der Waals surface area contributed by atoms with Gasteiger partial charge in [-0.3, -0.25) is 14.5 Å². The molecule has 1 amide bonds. The van der Waals surface area contributed by atoms with Crippen LogP contribution in [0, 0.1) is 6.92 Å². The van der Waals surface area contributed by atoms with Gasteiger partial charge in [0.05, 0.1) is 11.4 Å². The number of benzene rings is 3. The molecule has 2 heterocycles. The van der Waals surface area contributed by atoms with Crippen molar-refractivity contribution in [3.8, 4) is 11.5 Å². The zero-order valence-corrected chi connectivity index (χ0v) is 23.2. The third-order valence-corrected chi connectivity index (χ3v) is 9.90. The summed E-state index contributed by atoms with van der Waals surface area (Å²) in [6.45, 7) is 8.07. The molecular weight excluding hydrogens is 522 g/mol. The van der Waals surface area contributed by atoms with Crippen LogP contribution in [0.2, 0.25) is 0 Å². The molecule has 9 heteroatoms. The van der Waals surface area contributed by atoms with Gasteiger partial charge in [-0.2, -0.15) is 0 Å². The molecule has 0 aromatic heterocycles. The van der Waals surface area contributed by atoms with Gasteiger partial charge in [0.25, 0.3) is 0 Å². The van der Waals surface area contributed by atoms with Gasteiger partial charge in [0.2, 0.25) is 5.91 Å². The highest BCUT2D eigenvalue weighted by atomic mass is 32.2. The molecule has 1 saturated heterocycles. The molecule has 0 bridgehead atoms. The molecule has 3 aliphatic rings. The molecule has 3 aromatic carbocycles. The van der Waals surface area contributed by atoms with Gasteiger partial charge >= 0.3 is 0 Å². The van der Waals surface area contributed by atoms with E-state index < -0.39 is 11.6 Å². The SMILES string of the molecule is C=CC(=O)N1CCN(C2Sc3c(N)ccc4c3C2C(N)C(=O)C4(N)c2ccc(Oc3ccccc3)cc2C)CC1. The number of amides is 1. The maximum absolute atomic E-state index is 14.2. The monoisotopic (exact) mass is 555 g/mol. The number of hydrogen-bond acceptors (Lipinski definition) is 8. The fraction of sp³-hybridized carbons (Fsp3) is 0.290. The first-order valence-electron chi connectivity index (χ1n) is 13.4. The fourth-order valence-electron chi connectivity index (χ4n) is 6.35. The minimum atomic E-state index is -1.42. The van der Waals surface area contributed by atoms with Gasteiger partial charge in [-0.1, -0.05) is 36.9 Å². The van der Waals surface area contributed by atoms with Crippen molar-refractivity contribution in [1.29, 1.82) is 0 Å². The van der Waals surface area contributed by atoms with Crippen LogP contribution in [0.4, 0.5) is 5.69 Å². The second kappa shape index (κ2) is 10.1. The highest BCUT2D eigenvalue weighted by Gasteiger charge is 2.56. The Morgan fingerprint density at radius 1 is 1.05 bits per heavy atom. The van der Waals surface area contributed by atoms with Gasteiger partial charge in [0, 0.05) is 42.7 Å². The van der Waals surface area contributed by atoms with Crippen LogP contribution >= 0.6 is 11.8 Å². The van der Waals surface area contributed by atoms with E-state index in [-0.39, 0.29) is 23.0 Å². The third-order valence-electron chi connectivity index (χ3n) is 8.37. The van der Waals surface area contributed by atoms with Crippen LogP contribution in [0.1, 0.15) is 28.2 Å². The molecule has 0 radical (unpaired) electrons. The Morgan fingerprint density at radius 2 is 1.75 bits per heavy atom. The topological polar surface area (TPSA) is 128 Å². The van der Waals surface area contributed by atoms with E-state index >= 15 is 0 Å². The van der Waals surface area contributed by atoms with E-state index in [1.165, 1.54) is 6.08 Å². The van der Waals surface area contributed by atoms with Gasteiger partial charge in [-0.15, -0.1) is 11.8 Å². The van der Waals surface area contributed by atoms with Crippen LogP contribution in [-0.4, -0.2) is 59.1 Å². The van der Waals surface area contributed by atoms with Gasteiger partial charge in [-0.05, 0) is 65.6 Å². The van der Waals surface area contributed by atoms with Crippen molar-refractivity contribution in [2.24, 2.45) is 11.5 Å². The molecule has 0 spiro atoms. The minimum Gasteiger partial charge on any atom is -0.457 e. The molecule has 0 saturated carbocycles. The fourth-order valence-corrected chi connectivity index (χ4v) is 7.98. The summed E-state index contributed by atoms with van der Waals surface area (Å²) in [5.74, 6) is 0.846. The number of ketones is 1. The Kier molecular flexibility index (Phi) is 6.70. The Hall–Kier alpha value is -3.63. The number of ether oxygens (including phenoxy) is 1. The number of carbonyl (C=O) groups is 2. The number of aryl methyl sites for hydroxylation is 1. The van der Waals surface area contributed by atoms with Crippen LogP contribution in [0.25, 0.3) is 0 Å². The highest BCUT2D eigenvalue weighted by Crippen LogP contribution is 2.57. The second-order valence-corrected chi connectivity index (χ2v) is 11.8. The molecule has 8 nitrogen and oxygen atoms in total. The number of piperazine rings is 1. The summed E-state index contributed by atoms with van der Waals surface area (Å²) in [5.41, 5.74) is 22.9. The molecule has 6 rings (SSSR count). The summed E-state index contributed by atoms with van der Waals surface area (Å²) >= 11 is 1.65. The number of nitrogens with zero attached hydrogens (tertiary/aromatic N) is 2. The van der Waals surface area contributed by atoms with E-state index in [1.807, 2.05) is 67.6 Å². The van der Waals surface area contributed by atoms with Crippen LogP contribution in [0.15, 0.2) is 78.2 Å². The maximum Gasteiger partial charge on any atom is 0.246 e. The van der Waals surface area contributed by atoms with Crippen molar-refractivity contribution in [2.75, 3.05) is 31.9 Å². The second-order valence-electron chi connectivity index (χ2n) is 10.6. The molecule has 4 atom stereocenters. The first-order valence-corrected chi connectivity index (χ1v) is 14.3. The van der Waals surface area contributed by atoms with Gasteiger partial charge < -0.3 is 26.8 Å². The first kappa shape index (κ1) is 26.6. The highest BCUT2D eigenvalue weighted by molar-refractivity contribution is 8.00. The summed E-state index contributed by atoms with van der Waals surface area (Å²) in [6.07, 6.45) is 1.35. The molecule has 1 fully saturated rings. The van der Waals surface area contributed by atoms with Gasteiger partial charge in [-0.25, -0.2) is 0 Å². The maximum atomic E-state index is 14.2. The lowest BCUT2D eigenvalue weighted by Crippen LogP contribution is -2.61. The summed E-state index contributed by atoms with van der Waals surface area (Å²) in [5, 5.41) is -0.0781. The van der Waals surface area contributed by atoms with E-state index in [2.05, 4.69) is 11.5 Å². The van der Waals surface area contributed by atoms with E-state index in [0.717, 1.165) is 27.3 Å². The predicted molar refractivity (Wildman–Crippen MR) is 157 cm³/mol. The Bertz CT molecular complexity index is 1500. The number of para-hydroxylation sites is 1. The summed E-state index contributed by atoms with van der Waals surface area (Å²) < 4.78 is 6.02. The molecule has 1 aliphatic carbocycles. The largest absolute Gasteiger partial charge is 0.457 e. The van der Waals surface area contributed by atoms with Crippen molar-refractivity contribution in [2.45, 2.75) is 34.7 Å². The van der Waals surface area contributed by atoms with Crippen molar-refractivity contribution >= 4 is 29.1 Å². The lowest BCUT2D eigenvalue weighted by atomic mass is 9.65. The number of nitrogens with two attached hydrogens (primary N) is 3. The van der Waals surface area contributed by atoms with Crippen molar-refractivity contribution in [3.05, 3.63) is 95.6 Å². The Morgan fingerprint density at radius 3 is 2.42 bits per heavy atom. The molecule has 2 aliphatic heterocycles. The quantitative estimate of drug-likeness (QED) is 0.323. The van der Waals surface area contributed by atoms with Crippen molar-refractivity contribution in [3.63, 3.8) is 0 Å². The number of rotatable bonds is 5. The number of hydrogen-bond donors (Lipinski definition) is 3. The molecular formula is C31H33N5O3S. The molecule has 4 unspecified atom stereocenters. The number of Topliss-reactive ketones (excluding diaryl/α,β-unsaturated/α-hetero) is 1. The zero-order chi connectivity index (χ0) is 28.2. The van der Waals surface area contributed by atoms with Gasteiger partial charge in [0.15, 0.2) is 5.78 Å². The van der Waals surface area contributed by atoms with E-state index in [1.54, 1.807) is 16.7 Å². The Balaban J connectivity index is 1.36. The zero-order valence-electron chi connectivity index (χ0n) is 22.4. The Labute approximate surface area is 238 Å². The van der Waals surface area contributed by atoms with Crippen molar-refractivity contribution < 1.29 is 14.3 Å². The molecule has 6 N–H and O–H groups in total. The summed E-state index contributed by atoms with van der Waals surface area (Å²) in [6, 6.07) is 18.1. The number of anilines is 1. The molecule has 3 aromatic rings. The standard InChI is InChI=1S/C31H33N5O3S/c1-3-24(37)35-13-15-36(16-14-35)30-26-25-22(11-12-23(32)28(25)40-30)31(34,29(38)27(26)33)21-10-9-20(17-18(21)2)39-19-7-5-4-6-8-19/h3-12,17,26-27,30H,1,13-16,32-34H2,2H3. The molecule has 206 valence electrons. The van der Waals surface area contributed by atoms with E-state index in [0.29, 0.717) is 43.2 Å². The van der Waals surface area contributed by atoms with Crippen LogP contribution in [0.3, 0.4) is 0 Å². The lowest BCUT2D eigenvalue weighted by Gasteiger charge is -2.45. The van der Waals surface area contributed by atoms with Crippen molar-refractivity contribution in [1.82, 2.24) is 9.80 Å². The first-order chi connectivity index (χ1) is 19.2. The smallest absolute Gasteiger partial charge is 0.246 e. The third kappa shape index (κ3) is 4.12. The lowest BCUT2D eigenvalue weighted by molar-refractivity contribution is -0.127. The minimum absolute atomic E-state index is 0.0680. The van der Waals surface area contributed by atoms with Crippen LogP contribution in [-0.2, 0) is 15.1 Å². The predicted octanol–water partition coefficient (Wildman–Crippen LogP) is 3.33. The average Bonchev–Trinajstić information content (AvgIpc) is 3.37. The summed E-state index contributed by atoms with van der Waals surface area (Å²) in [7, 11) is 0. The molecule has 40 heavy (non-hydrogen) atoms. The van der Waals surface area contributed by atoms with E-state index in [4.69, 9.17) is 21.9 Å². The number of thioether (sulfide) groups is 1. The van der Waals surface area contributed by atoms with Crippen LogP contribution < -0.4 is 21.9 Å². The van der Waals surface area contributed by atoms with Crippen LogP contribution in [0.5, 0.6) is 11.5 Å².